The fraction of sp³-hybridized carbons (Fsp3) is 0.333. The van der Waals surface area contributed by atoms with E-state index >= 15 is 0 Å². The van der Waals surface area contributed by atoms with Gasteiger partial charge in [-0.2, -0.15) is 23.0 Å². The minimum atomic E-state index is -4.45. The third-order valence-electron chi connectivity index (χ3n) is 3.27. The van der Waals surface area contributed by atoms with E-state index in [9.17, 15) is 18.0 Å². The Morgan fingerprint density at radius 1 is 1.29 bits per heavy atom. The van der Waals surface area contributed by atoms with Crippen LogP contribution in [-0.4, -0.2) is 33.8 Å². The topological polar surface area (TPSA) is 38.1 Å². The molecule has 1 amide bonds. The molecule has 0 saturated carbocycles. The van der Waals surface area contributed by atoms with Gasteiger partial charge in [-0.25, -0.2) is 4.79 Å². The Kier molecular flexibility index (Phi) is 5.82. The first-order valence-electron chi connectivity index (χ1n) is 7.15. The Balaban J connectivity index is 2.22. The highest BCUT2D eigenvalue weighted by Crippen LogP contribution is 2.37. The molecule has 9 heteroatoms. The predicted octanol–water partition coefficient (Wildman–Crippen LogP) is 5.02. The lowest BCUT2D eigenvalue weighted by molar-refractivity contribution is -0.137. The number of amides is 1. The minimum absolute atomic E-state index is 0.192. The number of carbonyl (C=O) groups is 1. The van der Waals surface area contributed by atoms with Crippen molar-refractivity contribution in [2.75, 3.05) is 13.1 Å². The quantitative estimate of drug-likeness (QED) is 0.751. The van der Waals surface area contributed by atoms with Crippen LogP contribution in [0.3, 0.4) is 0 Å². The molecule has 1 heterocycles. The maximum absolute atomic E-state index is 12.8. The molecular weight excluding hydrogens is 363 g/mol. The van der Waals surface area contributed by atoms with E-state index < -0.39 is 11.7 Å². The van der Waals surface area contributed by atoms with E-state index in [-0.39, 0.29) is 15.9 Å². The molecule has 0 saturated heterocycles. The van der Waals surface area contributed by atoms with Gasteiger partial charge in [0.1, 0.15) is 5.03 Å². The van der Waals surface area contributed by atoms with Crippen LogP contribution in [0.5, 0.6) is 0 Å². The first-order valence-corrected chi connectivity index (χ1v) is 8.35. The lowest BCUT2D eigenvalue weighted by atomic mass is 10.2. The molecule has 0 unspecified atom stereocenters. The van der Waals surface area contributed by atoms with Crippen LogP contribution in [0.15, 0.2) is 40.4 Å². The lowest BCUT2D eigenvalue weighted by Crippen LogP contribution is -2.34. The lowest BCUT2D eigenvalue weighted by Gasteiger charge is -2.17. The minimum Gasteiger partial charge on any atom is -0.323 e. The van der Waals surface area contributed by atoms with Crippen molar-refractivity contribution >= 4 is 29.4 Å². The summed E-state index contributed by atoms with van der Waals surface area (Å²) in [7, 11) is 0. The van der Waals surface area contributed by atoms with Gasteiger partial charge in [0.05, 0.1) is 10.6 Å². The number of nitrogens with zero attached hydrogens (tertiary/aromatic N) is 3. The molecule has 0 spiro atoms. The van der Waals surface area contributed by atoms with Crippen molar-refractivity contribution in [3.8, 4) is 0 Å². The van der Waals surface area contributed by atoms with Gasteiger partial charge in [0, 0.05) is 24.2 Å². The molecule has 0 aliphatic carbocycles. The third kappa shape index (κ3) is 4.24. The number of hydrogen-bond donors (Lipinski definition) is 0. The monoisotopic (exact) mass is 377 g/mol. The van der Waals surface area contributed by atoms with Crippen LogP contribution in [-0.2, 0) is 6.18 Å². The summed E-state index contributed by atoms with van der Waals surface area (Å²) in [6.45, 7) is 4.78. The Morgan fingerprint density at radius 2 is 1.96 bits per heavy atom. The molecule has 130 valence electrons. The number of carbonyl (C=O) groups excluding carboxylic acids is 1. The van der Waals surface area contributed by atoms with E-state index in [1.807, 2.05) is 13.8 Å². The molecule has 0 aliphatic rings. The summed E-state index contributed by atoms with van der Waals surface area (Å²) in [6.07, 6.45) is -2.97. The van der Waals surface area contributed by atoms with Crippen LogP contribution in [0.25, 0.3) is 0 Å². The van der Waals surface area contributed by atoms with Crippen LogP contribution in [0.1, 0.15) is 19.4 Å². The smallest absolute Gasteiger partial charge is 0.323 e. The van der Waals surface area contributed by atoms with E-state index in [0.717, 1.165) is 28.6 Å². The molecule has 4 nitrogen and oxygen atoms in total. The molecular formula is C15H15ClF3N3OS. The number of hydrogen-bond acceptors (Lipinski definition) is 3. The summed E-state index contributed by atoms with van der Waals surface area (Å²) in [4.78, 5) is 14.0. The molecule has 0 radical (unpaired) electrons. The molecule has 1 aromatic carbocycles. The van der Waals surface area contributed by atoms with Crippen molar-refractivity contribution in [1.82, 2.24) is 14.7 Å². The van der Waals surface area contributed by atoms with Crippen molar-refractivity contribution in [2.24, 2.45) is 0 Å². The second-order valence-electron chi connectivity index (χ2n) is 4.80. The maximum atomic E-state index is 12.8. The molecule has 0 bridgehead atoms. The summed E-state index contributed by atoms with van der Waals surface area (Å²) in [6, 6.07) is 4.36. The van der Waals surface area contributed by atoms with Gasteiger partial charge < -0.3 is 4.90 Å². The molecule has 0 fully saturated rings. The van der Waals surface area contributed by atoms with Crippen LogP contribution < -0.4 is 0 Å². The van der Waals surface area contributed by atoms with E-state index in [4.69, 9.17) is 11.6 Å². The second-order valence-corrected chi connectivity index (χ2v) is 6.27. The Hall–Kier alpha value is -1.67. The van der Waals surface area contributed by atoms with Crippen LogP contribution in [0.2, 0.25) is 5.02 Å². The van der Waals surface area contributed by atoms with Crippen molar-refractivity contribution in [3.63, 3.8) is 0 Å². The first-order chi connectivity index (χ1) is 11.3. The van der Waals surface area contributed by atoms with Gasteiger partial charge in [0.25, 0.3) is 0 Å². The predicted molar refractivity (Wildman–Crippen MR) is 86.5 cm³/mol. The average Bonchev–Trinajstić information content (AvgIpc) is 2.98. The number of alkyl halides is 3. The van der Waals surface area contributed by atoms with E-state index in [0.29, 0.717) is 18.1 Å². The van der Waals surface area contributed by atoms with Gasteiger partial charge in [0.2, 0.25) is 0 Å². The number of aromatic nitrogens is 2. The van der Waals surface area contributed by atoms with Crippen molar-refractivity contribution < 1.29 is 18.0 Å². The third-order valence-corrected chi connectivity index (χ3v) is 4.69. The summed E-state index contributed by atoms with van der Waals surface area (Å²) >= 11 is 6.94. The summed E-state index contributed by atoms with van der Waals surface area (Å²) in [5.41, 5.74) is -0.784. The number of halogens is 4. The van der Waals surface area contributed by atoms with Crippen molar-refractivity contribution in [2.45, 2.75) is 29.9 Å². The molecule has 1 aromatic heterocycles. The molecule has 0 atom stereocenters. The highest BCUT2D eigenvalue weighted by Gasteiger charge is 2.31. The number of rotatable bonds is 4. The molecule has 0 aliphatic heterocycles. The highest BCUT2D eigenvalue weighted by molar-refractivity contribution is 7.99. The van der Waals surface area contributed by atoms with E-state index in [1.165, 1.54) is 12.3 Å². The van der Waals surface area contributed by atoms with Gasteiger partial charge in [0.15, 0.2) is 0 Å². The van der Waals surface area contributed by atoms with E-state index in [1.54, 1.807) is 11.0 Å². The second kappa shape index (κ2) is 7.48. The number of benzene rings is 1. The Morgan fingerprint density at radius 3 is 2.54 bits per heavy atom. The normalized spacial score (nSPS) is 11.6. The largest absolute Gasteiger partial charge is 0.416 e. The van der Waals surface area contributed by atoms with Crippen LogP contribution >= 0.6 is 23.4 Å². The molecule has 0 N–H and O–H groups in total. The van der Waals surface area contributed by atoms with Gasteiger partial charge in [-0.15, -0.1) is 0 Å². The SMILES string of the molecule is CCN(CC)C(=O)n1ccc(Sc2cc(C(F)(F)F)ccc2Cl)n1. The Labute approximate surface area is 146 Å². The molecule has 24 heavy (non-hydrogen) atoms. The molecule has 2 aromatic rings. The Bertz CT molecular complexity index is 729. The van der Waals surface area contributed by atoms with Gasteiger partial charge in [-0.3, -0.25) is 0 Å². The summed E-state index contributed by atoms with van der Waals surface area (Å²) in [5, 5.41) is 4.68. The van der Waals surface area contributed by atoms with E-state index in [2.05, 4.69) is 5.10 Å². The highest BCUT2D eigenvalue weighted by atomic mass is 35.5. The zero-order chi connectivity index (χ0) is 17.9. The summed E-state index contributed by atoms with van der Waals surface area (Å²) in [5.74, 6) is 0. The van der Waals surface area contributed by atoms with Crippen LogP contribution in [0, 0.1) is 0 Å². The first kappa shape index (κ1) is 18.7. The van der Waals surface area contributed by atoms with Crippen LogP contribution in [0.4, 0.5) is 18.0 Å². The van der Waals surface area contributed by atoms with Gasteiger partial charge >= 0.3 is 12.2 Å². The van der Waals surface area contributed by atoms with Gasteiger partial charge in [-0.1, -0.05) is 23.4 Å². The fourth-order valence-corrected chi connectivity index (χ4v) is 3.05. The average molecular weight is 378 g/mol. The zero-order valence-corrected chi connectivity index (χ0v) is 14.5. The molecule has 2 rings (SSSR count). The van der Waals surface area contributed by atoms with Crippen molar-refractivity contribution in [1.29, 1.82) is 0 Å². The maximum Gasteiger partial charge on any atom is 0.416 e. The fourth-order valence-electron chi connectivity index (χ4n) is 1.98. The van der Waals surface area contributed by atoms with Crippen molar-refractivity contribution in [3.05, 3.63) is 41.0 Å². The summed E-state index contributed by atoms with van der Waals surface area (Å²) < 4.78 is 39.5. The van der Waals surface area contributed by atoms with Gasteiger partial charge in [-0.05, 0) is 38.1 Å². The standard InChI is InChI=1S/C15H15ClF3N3OS/c1-3-21(4-2)14(23)22-8-7-13(20-22)24-12-9-10(15(17,18)19)5-6-11(12)16/h5-9H,3-4H2,1-2H3. The zero-order valence-electron chi connectivity index (χ0n) is 13.0.